The molecule has 3 aromatic carbocycles. The van der Waals surface area contributed by atoms with Crippen LogP contribution in [0.2, 0.25) is 0 Å². The standard InChI is InChI=1S/C21H19N3OS/c1-24(16-7-3-2-4-8-16)17-13-11-15(12-14-17)20-22-23-21(26-20)18-9-5-6-10-19(18)25/h2-14,20,22,25H,1H3. The molecule has 0 radical (unpaired) electrons. The summed E-state index contributed by atoms with van der Waals surface area (Å²) in [4.78, 5) is 2.16. The first-order valence-corrected chi connectivity index (χ1v) is 9.27. The Morgan fingerprint density at radius 1 is 0.885 bits per heavy atom. The number of anilines is 2. The quantitative estimate of drug-likeness (QED) is 0.697. The van der Waals surface area contributed by atoms with Crippen LogP contribution in [0.4, 0.5) is 11.4 Å². The van der Waals surface area contributed by atoms with Crippen molar-refractivity contribution in [1.29, 1.82) is 0 Å². The average Bonchev–Trinajstić information content (AvgIpc) is 3.18. The van der Waals surface area contributed by atoms with Gasteiger partial charge in [-0.25, -0.2) is 0 Å². The van der Waals surface area contributed by atoms with Crippen molar-refractivity contribution in [1.82, 2.24) is 5.43 Å². The number of rotatable bonds is 4. The minimum atomic E-state index is 0.0423. The Morgan fingerprint density at radius 3 is 2.27 bits per heavy atom. The number of para-hydroxylation sites is 2. The number of benzene rings is 3. The SMILES string of the molecule is CN(c1ccccc1)c1ccc(C2NN=C(c3ccccc3O)S2)cc1. The van der Waals surface area contributed by atoms with Gasteiger partial charge in [0.1, 0.15) is 16.2 Å². The van der Waals surface area contributed by atoms with Gasteiger partial charge < -0.3 is 10.0 Å². The van der Waals surface area contributed by atoms with E-state index < -0.39 is 0 Å². The normalized spacial score (nSPS) is 16.0. The number of hydrogen-bond donors (Lipinski definition) is 2. The molecule has 1 aliphatic rings. The Morgan fingerprint density at radius 2 is 1.54 bits per heavy atom. The van der Waals surface area contributed by atoms with Gasteiger partial charge in [0.2, 0.25) is 0 Å². The van der Waals surface area contributed by atoms with Crippen LogP contribution in [-0.4, -0.2) is 17.2 Å². The third kappa shape index (κ3) is 3.26. The van der Waals surface area contributed by atoms with Crippen LogP contribution in [0, 0.1) is 0 Å². The van der Waals surface area contributed by atoms with E-state index in [1.807, 2.05) is 36.4 Å². The van der Waals surface area contributed by atoms with E-state index in [4.69, 9.17) is 0 Å². The van der Waals surface area contributed by atoms with Gasteiger partial charge in [0.25, 0.3) is 0 Å². The predicted octanol–water partition coefficient (Wildman–Crippen LogP) is 4.86. The topological polar surface area (TPSA) is 47.9 Å². The van der Waals surface area contributed by atoms with Crippen molar-refractivity contribution in [2.24, 2.45) is 5.10 Å². The van der Waals surface area contributed by atoms with Crippen molar-refractivity contribution in [2.45, 2.75) is 5.37 Å². The van der Waals surface area contributed by atoms with E-state index in [-0.39, 0.29) is 11.1 Å². The average molecular weight is 361 g/mol. The van der Waals surface area contributed by atoms with Crippen molar-refractivity contribution < 1.29 is 5.11 Å². The highest BCUT2D eigenvalue weighted by Crippen LogP contribution is 2.37. The fourth-order valence-corrected chi connectivity index (χ4v) is 3.90. The molecule has 130 valence electrons. The maximum atomic E-state index is 10.0. The van der Waals surface area contributed by atoms with Gasteiger partial charge in [0.15, 0.2) is 0 Å². The number of aromatic hydroxyl groups is 1. The lowest BCUT2D eigenvalue weighted by Crippen LogP contribution is -2.10. The molecule has 1 atom stereocenters. The van der Waals surface area contributed by atoms with Gasteiger partial charge in [0, 0.05) is 18.4 Å². The van der Waals surface area contributed by atoms with E-state index >= 15 is 0 Å². The van der Waals surface area contributed by atoms with E-state index in [9.17, 15) is 5.11 Å². The molecule has 3 aromatic rings. The van der Waals surface area contributed by atoms with Crippen LogP contribution < -0.4 is 10.3 Å². The number of nitrogens with zero attached hydrogens (tertiary/aromatic N) is 2. The molecule has 1 heterocycles. The van der Waals surface area contributed by atoms with Crippen molar-refractivity contribution in [3.63, 3.8) is 0 Å². The van der Waals surface area contributed by atoms with Gasteiger partial charge in [-0.1, -0.05) is 54.2 Å². The highest BCUT2D eigenvalue weighted by atomic mass is 32.2. The summed E-state index contributed by atoms with van der Waals surface area (Å²) in [6.45, 7) is 0. The van der Waals surface area contributed by atoms with Crippen LogP contribution in [0.5, 0.6) is 5.75 Å². The van der Waals surface area contributed by atoms with Crippen LogP contribution in [0.15, 0.2) is 84.0 Å². The monoisotopic (exact) mass is 361 g/mol. The lowest BCUT2D eigenvalue weighted by atomic mass is 10.2. The Labute approximate surface area is 157 Å². The molecule has 0 bridgehead atoms. The Kier molecular flexibility index (Phi) is 4.54. The third-order valence-electron chi connectivity index (χ3n) is 4.37. The maximum Gasteiger partial charge on any atom is 0.129 e. The molecule has 4 rings (SSSR count). The fourth-order valence-electron chi connectivity index (χ4n) is 2.88. The highest BCUT2D eigenvalue weighted by molar-refractivity contribution is 8.14. The van der Waals surface area contributed by atoms with Gasteiger partial charge >= 0.3 is 0 Å². The minimum Gasteiger partial charge on any atom is -0.507 e. The van der Waals surface area contributed by atoms with Crippen LogP contribution in [0.3, 0.4) is 0 Å². The summed E-state index contributed by atoms with van der Waals surface area (Å²) in [5, 5.41) is 15.2. The van der Waals surface area contributed by atoms with Gasteiger partial charge in [-0.3, -0.25) is 5.43 Å². The van der Waals surface area contributed by atoms with Crippen molar-refractivity contribution in [3.8, 4) is 5.75 Å². The lowest BCUT2D eigenvalue weighted by molar-refractivity contribution is 0.474. The van der Waals surface area contributed by atoms with Crippen molar-refractivity contribution >= 4 is 28.2 Å². The molecule has 0 amide bonds. The zero-order chi connectivity index (χ0) is 17.9. The van der Waals surface area contributed by atoms with Crippen LogP contribution in [0.25, 0.3) is 0 Å². The fraction of sp³-hybridized carbons (Fsp3) is 0.0952. The largest absolute Gasteiger partial charge is 0.507 e. The smallest absolute Gasteiger partial charge is 0.129 e. The van der Waals surface area contributed by atoms with Crippen LogP contribution in [0.1, 0.15) is 16.5 Å². The number of nitrogens with one attached hydrogen (secondary N) is 1. The summed E-state index contributed by atoms with van der Waals surface area (Å²) < 4.78 is 0. The third-order valence-corrected chi connectivity index (χ3v) is 5.52. The first-order valence-electron chi connectivity index (χ1n) is 8.39. The summed E-state index contributed by atoms with van der Waals surface area (Å²) in [5.74, 6) is 0.251. The molecular weight excluding hydrogens is 342 g/mol. The first-order chi connectivity index (χ1) is 12.7. The van der Waals surface area contributed by atoms with Gasteiger partial charge in [0.05, 0.1) is 5.56 Å². The Hall–Kier alpha value is -2.92. The zero-order valence-electron chi connectivity index (χ0n) is 14.3. The van der Waals surface area contributed by atoms with Crippen LogP contribution in [-0.2, 0) is 0 Å². The van der Waals surface area contributed by atoms with E-state index in [1.165, 1.54) is 0 Å². The van der Waals surface area contributed by atoms with Gasteiger partial charge in [-0.05, 0) is 42.0 Å². The summed E-state index contributed by atoms with van der Waals surface area (Å²) in [6, 6.07) is 26.0. The highest BCUT2D eigenvalue weighted by Gasteiger charge is 2.23. The molecule has 0 spiro atoms. The number of hydrazone groups is 1. The molecule has 0 aromatic heterocycles. The van der Waals surface area contributed by atoms with E-state index in [1.54, 1.807) is 17.8 Å². The summed E-state index contributed by atoms with van der Waals surface area (Å²) in [5.41, 5.74) is 7.34. The molecule has 4 nitrogen and oxygen atoms in total. The first kappa shape index (κ1) is 16.5. The summed E-state index contributed by atoms with van der Waals surface area (Å²) >= 11 is 1.61. The molecular formula is C21H19N3OS. The van der Waals surface area contributed by atoms with E-state index in [2.05, 4.69) is 58.9 Å². The molecule has 0 saturated heterocycles. The molecule has 0 fully saturated rings. The molecule has 5 heteroatoms. The van der Waals surface area contributed by atoms with Crippen molar-refractivity contribution in [3.05, 3.63) is 90.0 Å². The number of phenols is 1. The Bertz CT molecular complexity index is 926. The minimum absolute atomic E-state index is 0.0423. The summed E-state index contributed by atoms with van der Waals surface area (Å²) in [6.07, 6.45) is 0. The molecule has 1 aliphatic heterocycles. The van der Waals surface area contributed by atoms with E-state index in [0.717, 1.165) is 27.5 Å². The second kappa shape index (κ2) is 7.14. The van der Waals surface area contributed by atoms with E-state index in [0.29, 0.717) is 0 Å². The molecule has 0 aliphatic carbocycles. The molecule has 1 unspecified atom stereocenters. The second-order valence-corrected chi connectivity index (χ2v) is 7.14. The molecule has 0 saturated carbocycles. The number of hydrogen-bond acceptors (Lipinski definition) is 5. The predicted molar refractivity (Wildman–Crippen MR) is 109 cm³/mol. The Balaban J connectivity index is 1.48. The molecule has 2 N–H and O–H groups in total. The number of phenolic OH excluding ortho intramolecular Hbond substituents is 1. The second-order valence-electron chi connectivity index (χ2n) is 6.05. The lowest BCUT2D eigenvalue weighted by Gasteiger charge is -2.20. The van der Waals surface area contributed by atoms with Gasteiger partial charge in [-0.2, -0.15) is 5.10 Å². The van der Waals surface area contributed by atoms with Gasteiger partial charge in [-0.15, -0.1) is 0 Å². The summed E-state index contributed by atoms with van der Waals surface area (Å²) in [7, 11) is 2.06. The molecule has 26 heavy (non-hydrogen) atoms. The maximum absolute atomic E-state index is 10.0. The van der Waals surface area contributed by atoms with Crippen LogP contribution >= 0.6 is 11.8 Å². The van der Waals surface area contributed by atoms with Crippen molar-refractivity contribution in [2.75, 3.05) is 11.9 Å². The zero-order valence-corrected chi connectivity index (χ0v) is 15.1. The number of thioether (sulfide) groups is 1.